The molecule has 2 aromatic rings. The molecule has 0 unspecified atom stereocenters. The summed E-state index contributed by atoms with van der Waals surface area (Å²) in [5, 5.41) is 0. The Hall–Kier alpha value is -1.86. The third-order valence-electron chi connectivity index (χ3n) is 3.09. The molecule has 0 atom stereocenters. The smallest absolute Gasteiger partial charge is 0.261 e. The van der Waals surface area contributed by atoms with Crippen molar-refractivity contribution in [2.45, 2.75) is 11.8 Å². The largest absolute Gasteiger partial charge is 0.316 e. The van der Waals surface area contributed by atoms with E-state index in [1.165, 1.54) is 24.0 Å². The van der Waals surface area contributed by atoms with Gasteiger partial charge < -0.3 is 4.90 Å². The minimum atomic E-state index is -3.65. The minimum Gasteiger partial charge on any atom is -0.316 e. The summed E-state index contributed by atoms with van der Waals surface area (Å²) < 4.78 is 27.8. The molecule has 0 aliphatic heterocycles. The van der Waals surface area contributed by atoms with Crippen molar-refractivity contribution in [3.05, 3.63) is 53.0 Å². The van der Waals surface area contributed by atoms with Crippen LogP contribution in [0, 0.1) is 0 Å². The molecule has 0 aliphatic carbocycles. The number of sulfonamides is 1. The Labute approximate surface area is 138 Å². The van der Waals surface area contributed by atoms with E-state index in [1.54, 1.807) is 43.4 Å². The maximum absolute atomic E-state index is 12.3. The van der Waals surface area contributed by atoms with Gasteiger partial charge in [0.2, 0.25) is 5.91 Å². The zero-order chi connectivity index (χ0) is 16.3. The molecule has 2 rings (SSSR count). The van der Waals surface area contributed by atoms with Crippen LogP contribution < -0.4 is 9.62 Å². The zero-order valence-corrected chi connectivity index (χ0v) is 14.5. The highest BCUT2D eigenvalue weighted by atomic mass is 79.9. The van der Waals surface area contributed by atoms with E-state index in [9.17, 15) is 13.2 Å². The molecule has 2 aromatic carbocycles. The summed E-state index contributed by atoms with van der Waals surface area (Å²) in [6, 6.07) is 13.1. The number of hydrogen-bond acceptors (Lipinski definition) is 3. The summed E-state index contributed by atoms with van der Waals surface area (Å²) >= 11 is 3.25. The molecule has 0 bridgehead atoms. The highest BCUT2D eigenvalue weighted by Crippen LogP contribution is 2.21. The Bertz CT molecular complexity index is 789. The number of benzene rings is 2. The molecule has 0 fully saturated rings. The highest BCUT2D eigenvalue weighted by Gasteiger charge is 2.14. The molecule has 1 N–H and O–H groups in total. The van der Waals surface area contributed by atoms with Crippen LogP contribution in [0.5, 0.6) is 0 Å². The van der Waals surface area contributed by atoms with Gasteiger partial charge in [0.25, 0.3) is 10.0 Å². The molecular formula is C15H15BrN2O3S. The van der Waals surface area contributed by atoms with Crippen molar-refractivity contribution in [1.29, 1.82) is 0 Å². The fraction of sp³-hybridized carbons (Fsp3) is 0.133. The van der Waals surface area contributed by atoms with Gasteiger partial charge in [0, 0.05) is 29.8 Å². The van der Waals surface area contributed by atoms with E-state index in [-0.39, 0.29) is 10.8 Å². The van der Waals surface area contributed by atoms with E-state index in [4.69, 9.17) is 0 Å². The van der Waals surface area contributed by atoms with Crippen molar-refractivity contribution in [2.75, 3.05) is 16.7 Å². The van der Waals surface area contributed by atoms with Crippen molar-refractivity contribution in [3.8, 4) is 0 Å². The lowest BCUT2D eigenvalue weighted by Crippen LogP contribution is -2.22. The van der Waals surface area contributed by atoms with Crippen LogP contribution in [0.3, 0.4) is 0 Å². The van der Waals surface area contributed by atoms with Gasteiger partial charge in [-0.25, -0.2) is 8.42 Å². The first-order valence-corrected chi connectivity index (χ1v) is 8.70. The molecule has 0 radical (unpaired) electrons. The SMILES string of the molecule is CC(=O)N(C)c1ccc(NS(=O)(=O)c2cccc(Br)c2)cc1. The maximum atomic E-state index is 12.3. The van der Waals surface area contributed by atoms with Crippen LogP contribution in [0.4, 0.5) is 11.4 Å². The number of halogens is 1. The van der Waals surface area contributed by atoms with Crippen molar-refractivity contribution < 1.29 is 13.2 Å². The molecule has 0 aromatic heterocycles. The second-order valence-electron chi connectivity index (χ2n) is 4.69. The fourth-order valence-corrected chi connectivity index (χ4v) is 3.44. The predicted molar refractivity (Wildman–Crippen MR) is 90.5 cm³/mol. The van der Waals surface area contributed by atoms with E-state index < -0.39 is 10.0 Å². The Morgan fingerprint density at radius 3 is 2.32 bits per heavy atom. The van der Waals surface area contributed by atoms with E-state index in [0.717, 1.165) is 0 Å². The van der Waals surface area contributed by atoms with Gasteiger partial charge in [0.15, 0.2) is 0 Å². The van der Waals surface area contributed by atoms with Gasteiger partial charge in [-0.2, -0.15) is 0 Å². The number of carbonyl (C=O) groups is 1. The molecule has 5 nitrogen and oxygen atoms in total. The van der Waals surface area contributed by atoms with E-state index >= 15 is 0 Å². The molecule has 1 amide bonds. The topological polar surface area (TPSA) is 66.5 Å². The van der Waals surface area contributed by atoms with Gasteiger partial charge in [-0.3, -0.25) is 9.52 Å². The predicted octanol–water partition coefficient (Wildman–Crippen LogP) is 3.23. The lowest BCUT2D eigenvalue weighted by atomic mass is 10.2. The Kier molecular flexibility index (Phi) is 4.87. The van der Waals surface area contributed by atoms with Crippen molar-refractivity contribution >= 4 is 43.2 Å². The average Bonchev–Trinajstić information content (AvgIpc) is 2.47. The summed E-state index contributed by atoms with van der Waals surface area (Å²) in [6.45, 7) is 1.46. The third-order valence-corrected chi connectivity index (χ3v) is 4.96. The van der Waals surface area contributed by atoms with Crippen molar-refractivity contribution in [1.82, 2.24) is 0 Å². The Morgan fingerprint density at radius 1 is 1.14 bits per heavy atom. The number of nitrogens with one attached hydrogen (secondary N) is 1. The Balaban J connectivity index is 2.22. The Morgan fingerprint density at radius 2 is 1.77 bits per heavy atom. The van der Waals surface area contributed by atoms with Gasteiger partial charge in [-0.15, -0.1) is 0 Å². The quantitative estimate of drug-likeness (QED) is 0.882. The second kappa shape index (κ2) is 6.50. The molecule has 22 heavy (non-hydrogen) atoms. The van der Waals surface area contributed by atoms with Crippen molar-refractivity contribution in [3.63, 3.8) is 0 Å². The molecule has 116 valence electrons. The number of nitrogens with zero attached hydrogens (tertiary/aromatic N) is 1. The molecule has 7 heteroatoms. The highest BCUT2D eigenvalue weighted by molar-refractivity contribution is 9.10. The maximum Gasteiger partial charge on any atom is 0.261 e. The lowest BCUT2D eigenvalue weighted by Gasteiger charge is -2.15. The molecule has 0 saturated carbocycles. The van der Waals surface area contributed by atoms with Gasteiger partial charge in [0.1, 0.15) is 0 Å². The fourth-order valence-electron chi connectivity index (χ4n) is 1.78. The summed E-state index contributed by atoms with van der Waals surface area (Å²) in [6.07, 6.45) is 0. The minimum absolute atomic E-state index is 0.0949. The van der Waals surface area contributed by atoms with Crippen LogP contribution in [0.15, 0.2) is 57.9 Å². The van der Waals surface area contributed by atoms with Crippen LogP contribution in [-0.4, -0.2) is 21.4 Å². The first-order chi connectivity index (χ1) is 10.3. The second-order valence-corrected chi connectivity index (χ2v) is 7.29. The first-order valence-electron chi connectivity index (χ1n) is 6.42. The summed E-state index contributed by atoms with van der Waals surface area (Å²) in [5.74, 6) is -0.0949. The summed E-state index contributed by atoms with van der Waals surface area (Å²) in [5.41, 5.74) is 1.12. The monoisotopic (exact) mass is 382 g/mol. The van der Waals surface area contributed by atoms with Crippen LogP contribution in [0.1, 0.15) is 6.92 Å². The number of rotatable bonds is 4. The standard InChI is InChI=1S/C15H15BrN2O3S/c1-11(19)18(2)14-8-6-13(7-9-14)17-22(20,21)15-5-3-4-12(16)10-15/h3-10,17H,1-2H3. The van der Waals surface area contributed by atoms with Crippen LogP contribution in [-0.2, 0) is 14.8 Å². The number of hydrogen-bond donors (Lipinski definition) is 1. The number of anilines is 2. The molecule has 0 saturated heterocycles. The van der Waals surface area contributed by atoms with Crippen LogP contribution in [0.25, 0.3) is 0 Å². The number of amides is 1. The van der Waals surface area contributed by atoms with Crippen molar-refractivity contribution in [2.24, 2.45) is 0 Å². The van der Waals surface area contributed by atoms with Crippen LogP contribution >= 0.6 is 15.9 Å². The average molecular weight is 383 g/mol. The third kappa shape index (κ3) is 3.86. The van der Waals surface area contributed by atoms with Gasteiger partial charge in [-0.1, -0.05) is 22.0 Å². The first kappa shape index (κ1) is 16.5. The molecule has 0 heterocycles. The zero-order valence-electron chi connectivity index (χ0n) is 12.1. The van der Waals surface area contributed by atoms with Gasteiger partial charge >= 0.3 is 0 Å². The van der Waals surface area contributed by atoms with E-state index in [0.29, 0.717) is 15.8 Å². The molecule has 0 spiro atoms. The summed E-state index contributed by atoms with van der Waals surface area (Å²) in [4.78, 5) is 12.9. The van der Waals surface area contributed by atoms with E-state index in [2.05, 4.69) is 20.7 Å². The number of carbonyl (C=O) groups excluding carboxylic acids is 1. The molecular weight excluding hydrogens is 368 g/mol. The van der Waals surface area contributed by atoms with Gasteiger partial charge in [0.05, 0.1) is 4.90 Å². The lowest BCUT2D eigenvalue weighted by molar-refractivity contribution is -0.116. The van der Waals surface area contributed by atoms with Gasteiger partial charge in [-0.05, 0) is 42.5 Å². The van der Waals surface area contributed by atoms with E-state index in [1.807, 2.05) is 0 Å². The summed E-state index contributed by atoms with van der Waals surface area (Å²) in [7, 11) is -1.99. The molecule has 0 aliphatic rings. The van der Waals surface area contributed by atoms with Crippen LogP contribution in [0.2, 0.25) is 0 Å². The normalized spacial score (nSPS) is 11.0.